The van der Waals surface area contributed by atoms with Gasteiger partial charge in [-0.15, -0.1) is 11.3 Å². The van der Waals surface area contributed by atoms with E-state index in [9.17, 15) is 36.6 Å². The maximum absolute atomic E-state index is 14.1. The van der Waals surface area contributed by atoms with Crippen molar-refractivity contribution in [3.63, 3.8) is 0 Å². The number of carbonyl (C=O) groups excluding carboxylic acids is 2. The molecule has 3 N–H and O–H groups in total. The van der Waals surface area contributed by atoms with E-state index < -0.39 is 47.9 Å². The maximum atomic E-state index is 14.1. The first kappa shape index (κ1) is 28.1. The fraction of sp³-hybridized carbons (Fsp3) is 0.583. The summed E-state index contributed by atoms with van der Waals surface area (Å²) >= 11 is 0.742. The number of carbonyl (C=O) groups is 2. The zero-order valence-corrected chi connectivity index (χ0v) is 21.5. The quantitative estimate of drug-likeness (QED) is 0.421. The van der Waals surface area contributed by atoms with Crippen LogP contribution in [-0.4, -0.2) is 68.7 Å². The number of hydrogen-bond acceptors (Lipinski definition) is 7. The van der Waals surface area contributed by atoms with Gasteiger partial charge in [0.15, 0.2) is 5.01 Å². The van der Waals surface area contributed by atoms with Crippen molar-refractivity contribution in [2.45, 2.75) is 82.8 Å². The van der Waals surface area contributed by atoms with Crippen molar-refractivity contribution in [1.82, 2.24) is 20.2 Å². The molecule has 2 aromatic rings. The molecule has 1 aliphatic carbocycles. The van der Waals surface area contributed by atoms with Crippen molar-refractivity contribution in [3.8, 4) is 10.4 Å². The highest BCUT2D eigenvalue weighted by atomic mass is 32.1. The van der Waals surface area contributed by atoms with Crippen molar-refractivity contribution >= 4 is 29.0 Å². The predicted octanol–water partition coefficient (Wildman–Crippen LogP) is 4.77. The largest absolute Gasteiger partial charge is 0.408 e. The molecule has 1 aliphatic heterocycles. The van der Waals surface area contributed by atoms with Gasteiger partial charge in [-0.2, -0.15) is 13.2 Å². The van der Waals surface area contributed by atoms with Gasteiger partial charge >= 0.3 is 6.18 Å². The standard InChI is InChI=1S/C24H28F5N5O3S/c1-11-4-3-7-34(11)23(37)18-19(38-22(33-18)21(36)32-13-5-6-14(35)8-13)16-10-30-17(9-15(16)20(25)26)31-12(2)24(27,28)29/h9-14,20,35H,3-8H2,1-2H3,(H,30,31)(H,32,36)/t11-,12-,13-,14-/m0/s1. The van der Waals surface area contributed by atoms with Crippen molar-refractivity contribution in [3.05, 3.63) is 28.5 Å². The van der Waals surface area contributed by atoms with Gasteiger partial charge in [-0.3, -0.25) is 9.59 Å². The normalized spacial score (nSPS) is 22.7. The molecular formula is C24H28F5N5O3S. The Labute approximate surface area is 219 Å². The Balaban J connectivity index is 1.73. The first-order chi connectivity index (χ1) is 17.8. The van der Waals surface area contributed by atoms with Crippen LogP contribution in [0, 0.1) is 0 Å². The number of hydrogen-bond donors (Lipinski definition) is 3. The van der Waals surface area contributed by atoms with E-state index in [-0.39, 0.29) is 33.2 Å². The third-order valence-electron chi connectivity index (χ3n) is 6.85. The Morgan fingerprint density at radius 3 is 2.55 bits per heavy atom. The monoisotopic (exact) mass is 561 g/mol. The smallest absolute Gasteiger partial charge is 0.393 e. The molecule has 2 aromatic heterocycles. The van der Waals surface area contributed by atoms with Crippen LogP contribution in [0.15, 0.2) is 12.3 Å². The number of alkyl halides is 5. The minimum Gasteiger partial charge on any atom is -0.393 e. The lowest BCUT2D eigenvalue weighted by atomic mass is 10.1. The van der Waals surface area contributed by atoms with Crippen LogP contribution in [0.25, 0.3) is 10.4 Å². The molecule has 2 amide bonds. The van der Waals surface area contributed by atoms with Gasteiger partial charge in [-0.25, -0.2) is 18.7 Å². The molecule has 2 aliphatic rings. The number of anilines is 1. The molecule has 0 radical (unpaired) electrons. The molecule has 4 atom stereocenters. The number of aromatic nitrogens is 2. The van der Waals surface area contributed by atoms with Gasteiger partial charge in [0.25, 0.3) is 18.2 Å². The molecule has 208 valence electrons. The molecule has 2 fully saturated rings. The summed E-state index contributed by atoms with van der Waals surface area (Å²) in [6.45, 7) is 3.13. The molecule has 38 heavy (non-hydrogen) atoms. The number of aliphatic hydroxyl groups excluding tert-OH is 1. The van der Waals surface area contributed by atoms with E-state index in [1.54, 1.807) is 4.90 Å². The van der Waals surface area contributed by atoms with Gasteiger partial charge in [0.05, 0.1) is 11.0 Å². The molecular weight excluding hydrogens is 533 g/mol. The highest BCUT2D eigenvalue weighted by molar-refractivity contribution is 7.17. The van der Waals surface area contributed by atoms with Crippen molar-refractivity contribution < 1.29 is 36.6 Å². The van der Waals surface area contributed by atoms with Crippen LogP contribution in [0.5, 0.6) is 0 Å². The minimum atomic E-state index is -4.62. The number of rotatable bonds is 7. The van der Waals surface area contributed by atoms with Crippen LogP contribution in [0.1, 0.15) is 78.2 Å². The molecule has 8 nitrogen and oxygen atoms in total. The molecule has 0 unspecified atom stereocenters. The zero-order chi connectivity index (χ0) is 27.8. The Hall–Kier alpha value is -2.87. The van der Waals surface area contributed by atoms with E-state index in [2.05, 4.69) is 20.6 Å². The highest BCUT2D eigenvalue weighted by Gasteiger charge is 2.37. The van der Waals surface area contributed by atoms with Gasteiger partial charge in [-0.1, -0.05) is 0 Å². The molecule has 4 rings (SSSR count). The number of nitrogens with one attached hydrogen (secondary N) is 2. The highest BCUT2D eigenvalue weighted by Crippen LogP contribution is 2.39. The van der Waals surface area contributed by atoms with Crippen LogP contribution in [-0.2, 0) is 0 Å². The third kappa shape index (κ3) is 6.06. The summed E-state index contributed by atoms with van der Waals surface area (Å²) in [5.41, 5.74) is -1.02. The van der Waals surface area contributed by atoms with E-state index in [1.807, 2.05) is 6.92 Å². The molecule has 1 saturated heterocycles. The summed E-state index contributed by atoms with van der Waals surface area (Å²) in [4.78, 5) is 36.1. The molecule has 3 heterocycles. The lowest BCUT2D eigenvalue weighted by Gasteiger charge is -2.21. The molecule has 0 bridgehead atoms. The van der Waals surface area contributed by atoms with E-state index in [4.69, 9.17) is 0 Å². The number of likely N-dealkylation sites (tertiary alicyclic amines) is 1. The average molecular weight is 562 g/mol. The number of pyridine rings is 1. The minimum absolute atomic E-state index is 0.0103. The van der Waals surface area contributed by atoms with Crippen LogP contribution in [0.2, 0.25) is 0 Å². The van der Waals surface area contributed by atoms with E-state index in [1.165, 1.54) is 0 Å². The molecule has 1 saturated carbocycles. The first-order valence-corrected chi connectivity index (χ1v) is 13.1. The summed E-state index contributed by atoms with van der Waals surface area (Å²) in [5.74, 6) is -1.53. The lowest BCUT2D eigenvalue weighted by molar-refractivity contribution is -0.138. The SMILES string of the molecule is C[C@H](Nc1cc(C(F)F)c(-c2sc(C(=O)N[C@H]3CC[C@H](O)C3)nc2C(=O)N2CCC[C@@H]2C)cn1)C(F)(F)F. The zero-order valence-electron chi connectivity index (χ0n) is 20.7. The number of amides is 2. The van der Waals surface area contributed by atoms with Gasteiger partial charge < -0.3 is 20.6 Å². The predicted molar refractivity (Wildman–Crippen MR) is 130 cm³/mol. The summed E-state index contributed by atoms with van der Waals surface area (Å²) in [6, 6.07) is -1.62. The second-order valence-corrected chi connectivity index (χ2v) is 10.7. The fourth-order valence-electron chi connectivity index (χ4n) is 4.68. The fourth-order valence-corrected chi connectivity index (χ4v) is 5.67. The summed E-state index contributed by atoms with van der Waals surface area (Å²) < 4.78 is 67.2. The van der Waals surface area contributed by atoms with E-state index in [0.717, 1.165) is 43.4 Å². The van der Waals surface area contributed by atoms with Gasteiger partial charge in [-0.05, 0) is 52.0 Å². The maximum Gasteiger partial charge on any atom is 0.408 e. The number of thiazole rings is 1. The van der Waals surface area contributed by atoms with Crippen LogP contribution >= 0.6 is 11.3 Å². The number of aliphatic hydroxyl groups is 1. The summed E-state index contributed by atoms with van der Waals surface area (Å²) in [7, 11) is 0. The number of halogens is 5. The third-order valence-corrected chi connectivity index (χ3v) is 7.94. The molecule has 14 heteroatoms. The second-order valence-electron chi connectivity index (χ2n) is 9.69. The molecule has 0 spiro atoms. The van der Waals surface area contributed by atoms with Gasteiger partial charge in [0.2, 0.25) is 0 Å². The summed E-state index contributed by atoms with van der Waals surface area (Å²) in [5, 5.41) is 14.5. The number of nitrogens with zero attached hydrogens (tertiary/aromatic N) is 3. The van der Waals surface area contributed by atoms with Crippen molar-refractivity contribution in [2.75, 3.05) is 11.9 Å². The van der Waals surface area contributed by atoms with Gasteiger partial charge in [0.1, 0.15) is 17.6 Å². The summed E-state index contributed by atoms with van der Waals surface area (Å²) in [6.07, 6.45) is -4.32. The first-order valence-electron chi connectivity index (χ1n) is 12.3. The van der Waals surface area contributed by atoms with Gasteiger partial charge in [0, 0.05) is 36.0 Å². The Kier molecular flexibility index (Phi) is 8.21. The average Bonchev–Trinajstić information content (AvgIpc) is 3.58. The van der Waals surface area contributed by atoms with Crippen LogP contribution in [0.4, 0.5) is 27.8 Å². The van der Waals surface area contributed by atoms with E-state index >= 15 is 0 Å². The van der Waals surface area contributed by atoms with Crippen molar-refractivity contribution in [1.29, 1.82) is 0 Å². The lowest BCUT2D eigenvalue weighted by Crippen LogP contribution is -2.35. The van der Waals surface area contributed by atoms with Crippen molar-refractivity contribution in [2.24, 2.45) is 0 Å². The second kappa shape index (κ2) is 11.1. The Bertz CT molecular complexity index is 1190. The van der Waals surface area contributed by atoms with Crippen LogP contribution in [0.3, 0.4) is 0 Å². The Morgan fingerprint density at radius 2 is 1.97 bits per heavy atom. The van der Waals surface area contributed by atoms with Crippen LogP contribution < -0.4 is 10.6 Å². The molecule has 0 aromatic carbocycles. The van der Waals surface area contributed by atoms with E-state index in [0.29, 0.717) is 25.8 Å². The topological polar surface area (TPSA) is 107 Å². The Morgan fingerprint density at radius 1 is 1.24 bits per heavy atom.